The number of anilines is 3. The zero-order valence-corrected chi connectivity index (χ0v) is 21.3. The minimum atomic E-state index is -0.649. The zero-order valence-electron chi connectivity index (χ0n) is 19.8. The second kappa shape index (κ2) is 10.9. The van der Waals surface area contributed by atoms with Crippen molar-refractivity contribution in [3.8, 4) is 0 Å². The summed E-state index contributed by atoms with van der Waals surface area (Å²) in [5.41, 5.74) is 2.89. The highest BCUT2D eigenvalue weighted by molar-refractivity contribution is 6.53. The minimum absolute atomic E-state index is 0.0537. The van der Waals surface area contributed by atoms with Gasteiger partial charge in [-0.05, 0) is 60.5 Å². The molecule has 37 heavy (non-hydrogen) atoms. The maximum absolute atomic E-state index is 13.0. The molecule has 188 valence electrons. The number of nitrogens with zero attached hydrogens (tertiary/aromatic N) is 1. The number of rotatable bonds is 7. The van der Waals surface area contributed by atoms with Gasteiger partial charge in [-0.3, -0.25) is 14.4 Å². The van der Waals surface area contributed by atoms with Crippen molar-refractivity contribution < 1.29 is 23.9 Å². The number of carbonyl (C=O) groups is 4. The van der Waals surface area contributed by atoms with Gasteiger partial charge in [-0.2, -0.15) is 0 Å². The van der Waals surface area contributed by atoms with Crippen LogP contribution in [0.5, 0.6) is 0 Å². The van der Waals surface area contributed by atoms with Crippen molar-refractivity contribution in [1.29, 1.82) is 0 Å². The number of nitrogens with one attached hydrogen (secondary N) is 2. The van der Waals surface area contributed by atoms with Crippen LogP contribution in [0.15, 0.2) is 77.5 Å². The number of benzene rings is 3. The third kappa shape index (κ3) is 5.50. The first kappa shape index (κ1) is 25.9. The smallest absolute Gasteiger partial charge is 0.337 e. The lowest BCUT2D eigenvalue weighted by Gasteiger charge is -2.18. The van der Waals surface area contributed by atoms with E-state index in [-0.39, 0.29) is 23.1 Å². The van der Waals surface area contributed by atoms with Crippen LogP contribution in [0.1, 0.15) is 21.5 Å². The molecule has 2 N–H and O–H groups in total. The van der Waals surface area contributed by atoms with E-state index in [4.69, 9.17) is 27.9 Å². The number of carbonyl (C=O) groups excluding carboxylic acids is 4. The van der Waals surface area contributed by atoms with E-state index in [0.29, 0.717) is 38.8 Å². The Hall–Kier alpha value is -4.14. The SMILES string of the molecule is COC(=O)c1cccc(NC(=O)Cc2ccc(NC3=C(Cl)C(=O)N(c4cccc(Cl)c4C)C3=O)cc2)c1. The Kier molecular flexibility index (Phi) is 7.61. The van der Waals surface area contributed by atoms with E-state index in [2.05, 4.69) is 10.6 Å². The van der Waals surface area contributed by atoms with Crippen LogP contribution in [0.4, 0.5) is 17.1 Å². The molecule has 3 amide bonds. The van der Waals surface area contributed by atoms with Crippen LogP contribution in [-0.2, 0) is 25.5 Å². The fraction of sp³-hybridized carbons (Fsp3) is 0.111. The standard InChI is InChI=1S/C27H21Cl2N3O5/c1-15-20(28)7-4-8-21(15)32-25(34)23(29)24(26(32)35)31-18-11-9-16(10-12-18)13-22(33)30-19-6-3-5-17(14-19)27(36)37-2/h3-12,14,31H,13H2,1-2H3,(H,30,33). The number of amides is 3. The van der Waals surface area contributed by atoms with E-state index in [1.165, 1.54) is 13.2 Å². The van der Waals surface area contributed by atoms with Crippen molar-refractivity contribution in [2.75, 3.05) is 22.6 Å². The molecular weight excluding hydrogens is 517 g/mol. The summed E-state index contributed by atoms with van der Waals surface area (Å²) in [7, 11) is 1.29. The van der Waals surface area contributed by atoms with Crippen LogP contribution in [0.3, 0.4) is 0 Å². The van der Waals surface area contributed by atoms with Crippen LogP contribution in [0, 0.1) is 6.92 Å². The Morgan fingerprint density at radius 2 is 1.62 bits per heavy atom. The van der Waals surface area contributed by atoms with Gasteiger partial charge in [0.1, 0.15) is 10.7 Å². The van der Waals surface area contributed by atoms with E-state index in [1.807, 2.05) is 0 Å². The summed E-state index contributed by atoms with van der Waals surface area (Å²) in [6, 6.07) is 18.1. The summed E-state index contributed by atoms with van der Waals surface area (Å²) in [4.78, 5) is 50.9. The number of hydrogen-bond acceptors (Lipinski definition) is 6. The van der Waals surface area contributed by atoms with E-state index in [9.17, 15) is 19.2 Å². The average molecular weight is 538 g/mol. The molecule has 0 atom stereocenters. The van der Waals surface area contributed by atoms with Gasteiger partial charge in [-0.15, -0.1) is 0 Å². The summed E-state index contributed by atoms with van der Waals surface area (Å²) in [6.45, 7) is 1.71. The summed E-state index contributed by atoms with van der Waals surface area (Å²) in [5, 5.41) is 5.84. The maximum atomic E-state index is 13.0. The van der Waals surface area contributed by atoms with Crippen LogP contribution < -0.4 is 15.5 Å². The topological polar surface area (TPSA) is 105 Å². The molecule has 0 unspecified atom stereocenters. The molecule has 0 radical (unpaired) electrons. The van der Waals surface area contributed by atoms with Gasteiger partial charge in [-0.25, -0.2) is 9.69 Å². The molecule has 0 fully saturated rings. The molecule has 8 nitrogen and oxygen atoms in total. The largest absolute Gasteiger partial charge is 0.465 e. The molecule has 3 aromatic carbocycles. The zero-order chi connectivity index (χ0) is 26.7. The number of hydrogen-bond donors (Lipinski definition) is 2. The van der Waals surface area contributed by atoms with Crippen molar-refractivity contribution in [1.82, 2.24) is 0 Å². The van der Waals surface area contributed by atoms with Gasteiger partial charge in [0.05, 0.1) is 24.8 Å². The van der Waals surface area contributed by atoms with Gasteiger partial charge in [0.2, 0.25) is 5.91 Å². The third-order valence-corrected chi connectivity index (χ3v) is 6.42. The number of esters is 1. The highest BCUT2D eigenvalue weighted by Gasteiger charge is 2.39. The van der Waals surface area contributed by atoms with Gasteiger partial charge in [0, 0.05) is 16.4 Å². The van der Waals surface area contributed by atoms with Crippen molar-refractivity contribution in [3.63, 3.8) is 0 Å². The Morgan fingerprint density at radius 1 is 0.919 bits per heavy atom. The maximum Gasteiger partial charge on any atom is 0.337 e. The molecule has 0 aliphatic carbocycles. The predicted molar refractivity (Wildman–Crippen MR) is 142 cm³/mol. The lowest BCUT2D eigenvalue weighted by atomic mass is 10.1. The molecule has 1 aliphatic heterocycles. The lowest BCUT2D eigenvalue weighted by molar-refractivity contribution is -0.120. The van der Waals surface area contributed by atoms with Crippen molar-refractivity contribution in [2.24, 2.45) is 0 Å². The van der Waals surface area contributed by atoms with Crippen LogP contribution in [-0.4, -0.2) is 30.8 Å². The molecule has 0 aromatic heterocycles. The van der Waals surface area contributed by atoms with Crippen molar-refractivity contribution in [2.45, 2.75) is 13.3 Å². The Bertz CT molecular complexity index is 1450. The van der Waals surface area contributed by atoms with Crippen LogP contribution in [0.25, 0.3) is 0 Å². The van der Waals surface area contributed by atoms with Gasteiger partial charge in [0.25, 0.3) is 11.8 Å². The number of ether oxygens (including phenoxy) is 1. The van der Waals surface area contributed by atoms with E-state index in [1.54, 1.807) is 67.6 Å². The summed E-state index contributed by atoms with van der Waals surface area (Å²) in [5.74, 6) is -2.03. The average Bonchev–Trinajstić information content (AvgIpc) is 3.09. The monoisotopic (exact) mass is 537 g/mol. The van der Waals surface area contributed by atoms with E-state index >= 15 is 0 Å². The third-order valence-electron chi connectivity index (χ3n) is 5.66. The number of methoxy groups -OCH3 is 1. The molecule has 1 aliphatic rings. The Labute approximate surface area is 222 Å². The van der Waals surface area contributed by atoms with Crippen LogP contribution >= 0.6 is 23.2 Å². The summed E-state index contributed by atoms with van der Waals surface area (Å²) in [6.07, 6.45) is 0.0748. The highest BCUT2D eigenvalue weighted by Crippen LogP contribution is 2.34. The first-order valence-corrected chi connectivity index (χ1v) is 11.8. The molecule has 10 heteroatoms. The van der Waals surface area contributed by atoms with Crippen molar-refractivity contribution in [3.05, 3.63) is 99.2 Å². The number of halogens is 2. The highest BCUT2D eigenvalue weighted by atomic mass is 35.5. The fourth-order valence-electron chi connectivity index (χ4n) is 3.75. The van der Waals surface area contributed by atoms with Gasteiger partial charge < -0.3 is 15.4 Å². The first-order chi connectivity index (χ1) is 17.7. The molecule has 0 spiro atoms. The predicted octanol–water partition coefficient (Wildman–Crippen LogP) is 5.05. The molecule has 0 saturated heterocycles. The summed E-state index contributed by atoms with van der Waals surface area (Å²) >= 11 is 12.4. The summed E-state index contributed by atoms with van der Waals surface area (Å²) < 4.78 is 4.69. The van der Waals surface area contributed by atoms with Crippen LogP contribution in [0.2, 0.25) is 5.02 Å². The lowest BCUT2D eigenvalue weighted by Crippen LogP contribution is -2.32. The first-order valence-electron chi connectivity index (χ1n) is 11.1. The molecule has 0 saturated carbocycles. The Balaban J connectivity index is 1.42. The molecule has 3 aromatic rings. The second-order valence-corrected chi connectivity index (χ2v) is 8.92. The normalized spacial score (nSPS) is 13.1. The van der Waals surface area contributed by atoms with Gasteiger partial charge >= 0.3 is 5.97 Å². The quantitative estimate of drug-likeness (QED) is 0.322. The minimum Gasteiger partial charge on any atom is -0.465 e. The van der Waals surface area contributed by atoms with Gasteiger partial charge in [-0.1, -0.05) is 47.5 Å². The second-order valence-electron chi connectivity index (χ2n) is 8.14. The van der Waals surface area contributed by atoms with E-state index in [0.717, 1.165) is 4.90 Å². The van der Waals surface area contributed by atoms with Crippen molar-refractivity contribution >= 4 is 64.0 Å². The molecule has 0 bridgehead atoms. The molecular formula is C27H21Cl2N3O5. The molecule has 4 rings (SSSR count). The molecule has 1 heterocycles. The number of imide groups is 1. The van der Waals surface area contributed by atoms with E-state index < -0.39 is 17.8 Å². The fourth-order valence-corrected chi connectivity index (χ4v) is 4.13. The van der Waals surface area contributed by atoms with Gasteiger partial charge in [0.15, 0.2) is 0 Å². The Morgan fingerprint density at radius 3 is 2.32 bits per heavy atom.